The van der Waals surface area contributed by atoms with Crippen LogP contribution in [0.3, 0.4) is 0 Å². The number of allylic oxidation sites excluding steroid dienone is 1. The third-order valence-electron chi connectivity index (χ3n) is 1.76. The highest BCUT2D eigenvalue weighted by molar-refractivity contribution is 7.16. The van der Waals surface area contributed by atoms with Gasteiger partial charge in [0.1, 0.15) is 4.88 Å². The minimum Gasteiger partial charge on any atom is -0.465 e. The predicted octanol–water partition coefficient (Wildman–Crippen LogP) is 1.79. The van der Waals surface area contributed by atoms with Gasteiger partial charge in [-0.25, -0.2) is 4.79 Å². The summed E-state index contributed by atoms with van der Waals surface area (Å²) in [6.07, 6.45) is 3.13. The van der Waals surface area contributed by atoms with Crippen LogP contribution in [-0.4, -0.2) is 37.9 Å². The topological polar surface area (TPSA) is 46.6 Å². The van der Waals surface area contributed by atoms with Crippen LogP contribution in [0, 0.1) is 0 Å². The van der Waals surface area contributed by atoms with Crippen LogP contribution in [0.1, 0.15) is 19.3 Å². The van der Waals surface area contributed by atoms with E-state index in [4.69, 9.17) is 0 Å². The molecule has 0 aliphatic carbocycles. The second-order valence-corrected chi connectivity index (χ2v) is 4.38. The second-order valence-electron chi connectivity index (χ2n) is 3.30. The first kappa shape index (κ1) is 12.4. The van der Waals surface area contributed by atoms with Crippen LogP contribution in [0.2, 0.25) is 0 Å². The summed E-state index contributed by atoms with van der Waals surface area (Å²) in [6.45, 7) is 0. The summed E-state index contributed by atoms with van der Waals surface area (Å²) in [5.74, 6) is -0.533. The molecular weight excluding hydrogens is 226 g/mol. The predicted molar refractivity (Wildman–Crippen MR) is 62.8 cm³/mol. The fourth-order valence-electron chi connectivity index (χ4n) is 0.980. The van der Waals surface area contributed by atoms with Crippen LogP contribution in [-0.2, 0) is 4.74 Å². The molecule has 1 aromatic rings. The molecule has 0 aromatic carbocycles. The fourth-order valence-corrected chi connectivity index (χ4v) is 1.82. The lowest BCUT2D eigenvalue weighted by Crippen LogP contribution is -2.02. The van der Waals surface area contributed by atoms with Gasteiger partial charge in [-0.2, -0.15) is 0 Å². The van der Waals surface area contributed by atoms with Gasteiger partial charge in [-0.05, 0) is 12.1 Å². The number of ketones is 1. The highest BCUT2D eigenvalue weighted by Crippen LogP contribution is 2.18. The summed E-state index contributed by atoms with van der Waals surface area (Å²) in [7, 11) is 4.98. The van der Waals surface area contributed by atoms with Crippen molar-refractivity contribution in [2.75, 3.05) is 21.2 Å². The van der Waals surface area contributed by atoms with Crippen LogP contribution in [0.5, 0.6) is 0 Å². The number of ether oxygens (including phenoxy) is 1. The van der Waals surface area contributed by atoms with Crippen LogP contribution < -0.4 is 0 Å². The van der Waals surface area contributed by atoms with E-state index < -0.39 is 5.97 Å². The molecule has 0 bridgehead atoms. The number of nitrogens with zero attached hydrogens (tertiary/aromatic N) is 1. The van der Waals surface area contributed by atoms with E-state index in [2.05, 4.69) is 4.74 Å². The van der Waals surface area contributed by atoms with Gasteiger partial charge in [0.25, 0.3) is 0 Å². The maximum atomic E-state index is 11.6. The molecule has 0 spiro atoms. The van der Waals surface area contributed by atoms with Gasteiger partial charge in [-0.1, -0.05) is 0 Å². The van der Waals surface area contributed by atoms with Gasteiger partial charge in [-0.15, -0.1) is 11.3 Å². The van der Waals surface area contributed by atoms with E-state index in [9.17, 15) is 9.59 Å². The van der Waals surface area contributed by atoms with Crippen LogP contribution in [0.4, 0.5) is 0 Å². The molecule has 0 aliphatic rings. The first-order valence-electron chi connectivity index (χ1n) is 4.61. The highest BCUT2D eigenvalue weighted by atomic mass is 32.1. The van der Waals surface area contributed by atoms with E-state index >= 15 is 0 Å². The first-order chi connectivity index (χ1) is 7.54. The molecule has 4 nitrogen and oxygen atoms in total. The third-order valence-corrected chi connectivity index (χ3v) is 2.84. The Morgan fingerprint density at radius 1 is 1.31 bits per heavy atom. The molecule has 0 saturated carbocycles. The van der Waals surface area contributed by atoms with Gasteiger partial charge in [0.2, 0.25) is 0 Å². The van der Waals surface area contributed by atoms with E-state index in [0.717, 1.165) is 11.3 Å². The van der Waals surface area contributed by atoms with Gasteiger partial charge in [-0.3, -0.25) is 4.79 Å². The van der Waals surface area contributed by atoms with Crippen molar-refractivity contribution in [3.05, 3.63) is 34.2 Å². The van der Waals surface area contributed by atoms with Crippen LogP contribution in [0.15, 0.2) is 24.4 Å². The van der Waals surface area contributed by atoms with Crippen molar-refractivity contribution in [1.29, 1.82) is 0 Å². The average Bonchev–Trinajstić information content (AvgIpc) is 2.74. The lowest BCUT2D eigenvalue weighted by atomic mass is 10.3. The Labute approximate surface area is 98.1 Å². The molecular formula is C11H13NO3S. The lowest BCUT2D eigenvalue weighted by Gasteiger charge is -2.01. The van der Waals surface area contributed by atoms with Crippen molar-refractivity contribution in [2.45, 2.75) is 0 Å². The second kappa shape index (κ2) is 5.46. The molecule has 0 unspecified atom stereocenters. The molecule has 1 aromatic heterocycles. The van der Waals surface area contributed by atoms with Crippen LogP contribution in [0.25, 0.3) is 0 Å². The normalized spacial score (nSPS) is 10.4. The quantitative estimate of drug-likeness (QED) is 0.456. The first-order valence-corrected chi connectivity index (χ1v) is 5.43. The molecule has 0 radical (unpaired) electrons. The summed E-state index contributed by atoms with van der Waals surface area (Å²) >= 11 is 1.13. The zero-order chi connectivity index (χ0) is 12.1. The smallest absolute Gasteiger partial charge is 0.348 e. The van der Waals surface area contributed by atoms with Crippen LogP contribution >= 0.6 is 11.3 Å². The number of hydrogen-bond acceptors (Lipinski definition) is 5. The van der Waals surface area contributed by atoms with Crippen molar-refractivity contribution in [3.8, 4) is 0 Å². The largest absolute Gasteiger partial charge is 0.465 e. The number of thiophene rings is 1. The number of carbonyl (C=O) groups excluding carboxylic acids is 2. The monoisotopic (exact) mass is 239 g/mol. The number of carbonyl (C=O) groups is 2. The van der Waals surface area contributed by atoms with Gasteiger partial charge in [0.15, 0.2) is 5.78 Å². The van der Waals surface area contributed by atoms with Crippen molar-refractivity contribution in [1.82, 2.24) is 4.90 Å². The molecule has 1 heterocycles. The van der Waals surface area contributed by atoms with E-state index in [1.165, 1.54) is 13.2 Å². The van der Waals surface area contributed by atoms with E-state index in [1.807, 2.05) is 14.1 Å². The number of esters is 1. The molecule has 0 aliphatic heterocycles. The molecule has 0 N–H and O–H groups in total. The number of rotatable bonds is 4. The van der Waals surface area contributed by atoms with Crippen molar-refractivity contribution >= 4 is 23.1 Å². The summed E-state index contributed by atoms with van der Waals surface area (Å²) in [5.41, 5.74) is 0. The average molecular weight is 239 g/mol. The van der Waals surface area contributed by atoms with Crippen molar-refractivity contribution in [3.63, 3.8) is 0 Å². The molecule has 16 heavy (non-hydrogen) atoms. The minimum absolute atomic E-state index is 0.117. The Bertz CT molecular complexity index is 421. The Morgan fingerprint density at radius 3 is 2.50 bits per heavy atom. The highest BCUT2D eigenvalue weighted by Gasteiger charge is 2.11. The Hall–Kier alpha value is -1.62. The maximum absolute atomic E-state index is 11.6. The summed E-state index contributed by atoms with van der Waals surface area (Å²) < 4.78 is 4.56. The van der Waals surface area contributed by atoms with E-state index in [-0.39, 0.29) is 5.78 Å². The maximum Gasteiger partial charge on any atom is 0.348 e. The Balaban J connectivity index is 2.78. The van der Waals surface area contributed by atoms with Crippen molar-refractivity contribution < 1.29 is 14.3 Å². The summed E-state index contributed by atoms with van der Waals surface area (Å²) in [5, 5.41) is 0. The Morgan fingerprint density at radius 2 is 1.94 bits per heavy atom. The number of methoxy groups -OCH3 is 1. The fraction of sp³-hybridized carbons (Fsp3) is 0.273. The van der Waals surface area contributed by atoms with Crippen molar-refractivity contribution in [2.24, 2.45) is 0 Å². The lowest BCUT2D eigenvalue weighted by molar-refractivity contribution is 0.0606. The van der Waals surface area contributed by atoms with Gasteiger partial charge < -0.3 is 9.64 Å². The molecule has 5 heteroatoms. The molecule has 86 valence electrons. The van der Waals surface area contributed by atoms with E-state index in [1.54, 1.807) is 23.2 Å². The van der Waals surface area contributed by atoms with Gasteiger partial charge in [0, 0.05) is 26.4 Å². The van der Waals surface area contributed by atoms with Gasteiger partial charge in [0.05, 0.1) is 12.0 Å². The summed E-state index contributed by atoms with van der Waals surface area (Å²) in [4.78, 5) is 25.5. The molecule has 0 fully saturated rings. The number of hydrogen-bond donors (Lipinski definition) is 0. The SMILES string of the molecule is COC(=O)c1ccc(C(=O)C=CN(C)C)s1. The molecule has 0 atom stereocenters. The summed E-state index contributed by atoms with van der Waals surface area (Å²) in [6, 6.07) is 3.21. The zero-order valence-corrected chi connectivity index (χ0v) is 10.2. The molecule has 0 amide bonds. The standard InChI is InChI=1S/C11H13NO3S/c1-12(2)7-6-8(13)9-4-5-10(16-9)11(14)15-3/h4-7H,1-3H3. The molecule has 1 rings (SSSR count). The van der Waals surface area contributed by atoms with Gasteiger partial charge >= 0.3 is 5.97 Å². The Kier molecular flexibility index (Phi) is 4.25. The minimum atomic E-state index is -0.416. The molecule has 0 saturated heterocycles. The van der Waals surface area contributed by atoms with E-state index in [0.29, 0.717) is 9.75 Å². The third kappa shape index (κ3) is 3.20. The zero-order valence-electron chi connectivity index (χ0n) is 9.39.